The molecule has 4 heterocycles. The summed E-state index contributed by atoms with van der Waals surface area (Å²) >= 11 is 0. The summed E-state index contributed by atoms with van der Waals surface area (Å²) in [5, 5.41) is 8.82. The Morgan fingerprint density at radius 2 is 1.97 bits per heavy atom. The predicted octanol–water partition coefficient (Wildman–Crippen LogP) is 5.72. The van der Waals surface area contributed by atoms with Crippen LogP contribution >= 0.6 is 0 Å². The van der Waals surface area contributed by atoms with Gasteiger partial charge in [-0.3, -0.25) is 4.79 Å². The van der Waals surface area contributed by atoms with Gasteiger partial charge in [0.2, 0.25) is 17.7 Å². The number of nitrogens with one attached hydrogen (secondary N) is 2. The van der Waals surface area contributed by atoms with E-state index in [2.05, 4.69) is 33.6 Å². The molecule has 0 radical (unpaired) electrons. The third-order valence-electron chi connectivity index (χ3n) is 7.82. The Balaban J connectivity index is 1.34. The first kappa shape index (κ1) is 25.2. The molecule has 2 aliphatic heterocycles. The summed E-state index contributed by atoms with van der Waals surface area (Å²) in [6, 6.07) is 16.3. The number of anilines is 2. The molecule has 2 N–H and O–H groups in total. The topological polar surface area (TPSA) is 92.3 Å². The van der Waals surface area contributed by atoms with Gasteiger partial charge in [-0.15, -0.1) is 0 Å². The zero-order chi connectivity index (χ0) is 26.8. The van der Waals surface area contributed by atoms with Crippen LogP contribution in [0.1, 0.15) is 38.2 Å². The summed E-state index contributed by atoms with van der Waals surface area (Å²) in [6.45, 7) is 6.81. The van der Waals surface area contributed by atoms with Gasteiger partial charge in [-0.25, -0.2) is 15.0 Å². The van der Waals surface area contributed by atoms with Gasteiger partial charge < -0.3 is 20.3 Å². The SMILES string of the molecule is CC[C@@H]1CCN(c2cccc3c(Oc4ncccc4-c4ccnc(N[C@H]5CCCNC5)n4)c(C)ccc23)C1=O. The molecule has 2 fully saturated rings. The molecule has 0 saturated carbocycles. The Morgan fingerprint density at radius 1 is 1.05 bits per heavy atom. The second kappa shape index (κ2) is 11.0. The lowest BCUT2D eigenvalue weighted by atomic mass is 10.0. The van der Waals surface area contributed by atoms with Crippen LogP contribution in [0.25, 0.3) is 22.0 Å². The number of amides is 1. The Labute approximate surface area is 228 Å². The number of rotatable bonds is 7. The normalized spacial score (nSPS) is 19.4. The van der Waals surface area contributed by atoms with Gasteiger partial charge in [0, 0.05) is 48.2 Å². The number of nitrogens with zero attached hydrogens (tertiary/aromatic N) is 4. The highest BCUT2D eigenvalue weighted by Gasteiger charge is 2.32. The van der Waals surface area contributed by atoms with Gasteiger partial charge in [0.15, 0.2) is 0 Å². The largest absolute Gasteiger partial charge is 0.437 e. The summed E-state index contributed by atoms with van der Waals surface area (Å²) in [5.41, 5.74) is 3.46. The number of pyridine rings is 1. The van der Waals surface area contributed by atoms with E-state index in [4.69, 9.17) is 9.72 Å². The first-order valence-electron chi connectivity index (χ1n) is 13.9. The van der Waals surface area contributed by atoms with E-state index in [1.165, 1.54) is 0 Å². The minimum atomic E-state index is 0.0964. The predicted molar refractivity (Wildman–Crippen MR) is 154 cm³/mol. The molecule has 2 atom stereocenters. The number of aromatic nitrogens is 3. The van der Waals surface area contributed by atoms with Crippen molar-refractivity contribution in [3.05, 3.63) is 66.5 Å². The number of ether oxygens (including phenoxy) is 1. The molecule has 0 unspecified atom stereocenters. The zero-order valence-corrected chi connectivity index (χ0v) is 22.5. The Morgan fingerprint density at radius 3 is 2.79 bits per heavy atom. The molecule has 200 valence electrons. The quantitative estimate of drug-likeness (QED) is 0.321. The summed E-state index contributed by atoms with van der Waals surface area (Å²) in [4.78, 5) is 28.8. The van der Waals surface area contributed by atoms with Crippen molar-refractivity contribution < 1.29 is 9.53 Å². The van der Waals surface area contributed by atoms with Crippen LogP contribution in [-0.2, 0) is 4.79 Å². The summed E-state index contributed by atoms with van der Waals surface area (Å²) in [7, 11) is 0. The molecule has 0 aliphatic carbocycles. The monoisotopic (exact) mass is 522 g/mol. The molecule has 2 aromatic carbocycles. The van der Waals surface area contributed by atoms with Gasteiger partial charge in [0.1, 0.15) is 5.75 Å². The molecule has 8 nitrogen and oxygen atoms in total. The van der Waals surface area contributed by atoms with Crippen LogP contribution in [0.15, 0.2) is 60.9 Å². The van der Waals surface area contributed by atoms with Crippen molar-refractivity contribution in [3.8, 4) is 22.9 Å². The van der Waals surface area contributed by atoms with Gasteiger partial charge in [-0.1, -0.05) is 31.2 Å². The molecule has 2 aliphatic rings. The molecule has 4 aromatic rings. The number of carbonyl (C=O) groups excluding carboxylic acids is 1. The average molecular weight is 523 g/mol. The number of hydrogen-bond acceptors (Lipinski definition) is 7. The van der Waals surface area contributed by atoms with Crippen molar-refractivity contribution in [1.29, 1.82) is 0 Å². The minimum Gasteiger partial charge on any atom is -0.437 e. The van der Waals surface area contributed by atoms with E-state index in [1.54, 1.807) is 12.4 Å². The fourth-order valence-electron chi connectivity index (χ4n) is 5.65. The molecular weight excluding hydrogens is 488 g/mol. The third-order valence-corrected chi connectivity index (χ3v) is 7.82. The Hall–Kier alpha value is -4.04. The average Bonchev–Trinajstić information content (AvgIpc) is 3.35. The van der Waals surface area contributed by atoms with Crippen LogP contribution in [0.5, 0.6) is 11.6 Å². The number of piperidine rings is 1. The highest BCUT2D eigenvalue weighted by Crippen LogP contribution is 2.40. The Bertz CT molecular complexity index is 1500. The molecule has 6 rings (SSSR count). The van der Waals surface area contributed by atoms with Crippen LogP contribution < -0.4 is 20.3 Å². The van der Waals surface area contributed by atoms with Gasteiger partial charge in [-0.05, 0) is 69.0 Å². The highest BCUT2D eigenvalue weighted by atomic mass is 16.5. The van der Waals surface area contributed by atoms with Crippen LogP contribution in [0, 0.1) is 12.8 Å². The molecule has 0 bridgehead atoms. The van der Waals surface area contributed by atoms with Crippen molar-refractivity contribution in [2.24, 2.45) is 5.92 Å². The number of hydrogen-bond donors (Lipinski definition) is 2. The van der Waals surface area contributed by atoms with Crippen LogP contribution in [-0.4, -0.2) is 46.5 Å². The molecule has 2 aromatic heterocycles. The van der Waals surface area contributed by atoms with E-state index in [-0.39, 0.29) is 11.8 Å². The van der Waals surface area contributed by atoms with Crippen LogP contribution in [0.2, 0.25) is 0 Å². The standard InChI is InChI=1S/C31H34N6O2/c1-3-21-14-18-37(30(21)38)27-10-4-8-24-23(27)12-11-20(2)28(24)39-29-25(9-6-16-33-29)26-13-17-34-31(36-26)35-22-7-5-15-32-19-22/h4,6,8-13,16-17,21-22,32H,3,5,7,14-15,18-19H2,1-2H3,(H,34,35,36)/t21-,22+/m1/s1. The van der Waals surface area contributed by atoms with Gasteiger partial charge in [0.05, 0.1) is 16.9 Å². The van der Waals surface area contributed by atoms with E-state index < -0.39 is 0 Å². The maximum Gasteiger partial charge on any atom is 0.230 e. The van der Waals surface area contributed by atoms with E-state index >= 15 is 0 Å². The summed E-state index contributed by atoms with van der Waals surface area (Å²) in [6.07, 6.45) is 7.48. The van der Waals surface area contributed by atoms with E-state index in [0.29, 0.717) is 17.9 Å². The Kier molecular flexibility index (Phi) is 7.11. The molecule has 0 spiro atoms. The smallest absolute Gasteiger partial charge is 0.230 e. The molecule has 39 heavy (non-hydrogen) atoms. The van der Waals surface area contributed by atoms with Crippen molar-refractivity contribution in [2.45, 2.75) is 45.6 Å². The lowest BCUT2D eigenvalue weighted by Crippen LogP contribution is -2.38. The molecular formula is C31H34N6O2. The zero-order valence-electron chi connectivity index (χ0n) is 22.5. The first-order chi connectivity index (χ1) is 19.1. The fourth-order valence-corrected chi connectivity index (χ4v) is 5.65. The second-order valence-electron chi connectivity index (χ2n) is 10.4. The summed E-state index contributed by atoms with van der Waals surface area (Å²) < 4.78 is 6.58. The fraction of sp³-hybridized carbons (Fsp3) is 0.355. The minimum absolute atomic E-state index is 0.0964. The number of fused-ring (bicyclic) bond motifs is 1. The maximum atomic E-state index is 13.0. The number of carbonyl (C=O) groups is 1. The van der Waals surface area contributed by atoms with Gasteiger partial charge in [0.25, 0.3) is 0 Å². The highest BCUT2D eigenvalue weighted by molar-refractivity contribution is 6.07. The van der Waals surface area contributed by atoms with Crippen LogP contribution in [0.4, 0.5) is 11.6 Å². The first-order valence-corrected chi connectivity index (χ1v) is 13.9. The van der Waals surface area contributed by atoms with Crippen molar-refractivity contribution in [3.63, 3.8) is 0 Å². The van der Waals surface area contributed by atoms with E-state index in [1.807, 2.05) is 54.3 Å². The van der Waals surface area contributed by atoms with Gasteiger partial charge >= 0.3 is 0 Å². The van der Waals surface area contributed by atoms with E-state index in [9.17, 15) is 4.79 Å². The van der Waals surface area contributed by atoms with Crippen molar-refractivity contribution in [1.82, 2.24) is 20.3 Å². The van der Waals surface area contributed by atoms with Gasteiger partial charge in [-0.2, -0.15) is 0 Å². The number of benzene rings is 2. The lowest BCUT2D eigenvalue weighted by Gasteiger charge is -2.23. The third kappa shape index (κ3) is 5.04. The molecule has 8 heteroatoms. The van der Waals surface area contributed by atoms with Crippen LogP contribution in [0.3, 0.4) is 0 Å². The maximum absolute atomic E-state index is 13.0. The van der Waals surface area contributed by atoms with E-state index in [0.717, 1.165) is 84.3 Å². The van der Waals surface area contributed by atoms with Crippen molar-refractivity contribution >= 4 is 28.3 Å². The molecule has 2 saturated heterocycles. The second-order valence-corrected chi connectivity index (χ2v) is 10.4. The number of aryl methyl sites for hydroxylation is 1. The summed E-state index contributed by atoms with van der Waals surface area (Å²) in [5.74, 6) is 2.11. The molecule has 1 amide bonds. The van der Waals surface area contributed by atoms with Crippen molar-refractivity contribution in [2.75, 3.05) is 29.9 Å². The lowest BCUT2D eigenvalue weighted by molar-refractivity contribution is -0.120.